The average molecular weight is 670 g/mol. The molecule has 9 rings (SSSR count). The predicted molar refractivity (Wildman–Crippen MR) is 218 cm³/mol. The average Bonchev–Trinajstić information content (AvgIpc) is 3.60. The zero-order valence-corrected chi connectivity index (χ0v) is 28.5. The lowest BCUT2D eigenvalue weighted by Gasteiger charge is -2.19. The van der Waals surface area contributed by atoms with E-state index in [0.29, 0.717) is 6.54 Å². The van der Waals surface area contributed by atoms with E-state index in [0.717, 1.165) is 66.7 Å². The van der Waals surface area contributed by atoms with Crippen molar-refractivity contribution in [2.24, 2.45) is 9.98 Å². The van der Waals surface area contributed by atoms with E-state index in [-0.39, 0.29) is 0 Å². The molecule has 9 aromatic rings. The molecule has 1 aromatic heterocycles. The van der Waals surface area contributed by atoms with Crippen molar-refractivity contribution in [1.82, 2.24) is 5.32 Å². The van der Waals surface area contributed by atoms with Crippen LogP contribution in [0.5, 0.6) is 0 Å². The minimum Gasteiger partial charge on any atom is -0.455 e. The standard InChI is InChI=1S/C48H35N3O/c1-49-47(35-17-6-3-7-18-35)51-48(50-31-32-13-4-2-5-14-32)41-21-12-22-44-45(41)43-30-40(38-25-23-33-15-8-10-19-36(33)27-38)29-42(46(43)52-44)39-26-24-34-16-9-11-20-37(34)28-39/h2-30,47H,1,31H2,(H,50,51). The van der Waals surface area contributed by atoms with E-state index in [1.54, 1.807) is 0 Å². The molecular weight excluding hydrogens is 635 g/mol. The molecule has 0 saturated carbocycles. The van der Waals surface area contributed by atoms with Crippen LogP contribution in [-0.4, -0.2) is 12.6 Å². The van der Waals surface area contributed by atoms with E-state index in [1.165, 1.54) is 21.5 Å². The van der Waals surface area contributed by atoms with Crippen LogP contribution in [0.1, 0.15) is 22.9 Å². The largest absolute Gasteiger partial charge is 0.455 e. The molecule has 0 fully saturated rings. The van der Waals surface area contributed by atoms with Crippen LogP contribution in [0.15, 0.2) is 190 Å². The molecule has 4 heteroatoms. The van der Waals surface area contributed by atoms with Crippen molar-refractivity contribution in [3.63, 3.8) is 0 Å². The van der Waals surface area contributed by atoms with Crippen LogP contribution < -0.4 is 5.32 Å². The first-order valence-corrected chi connectivity index (χ1v) is 17.6. The van der Waals surface area contributed by atoms with Crippen LogP contribution in [0.25, 0.3) is 65.7 Å². The van der Waals surface area contributed by atoms with Crippen LogP contribution in [0.4, 0.5) is 0 Å². The van der Waals surface area contributed by atoms with Gasteiger partial charge in [0.15, 0.2) is 0 Å². The van der Waals surface area contributed by atoms with Gasteiger partial charge < -0.3 is 9.73 Å². The number of rotatable bonds is 8. The quantitative estimate of drug-likeness (QED) is 0.129. The zero-order chi connectivity index (χ0) is 34.9. The molecule has 0 amide bonds. The Hall–Kier alpha value is -6.78. The van der Waals surface area contributed by atoms with Gasteiger partial charge in [0, 0.05) is 21.9 Å². The highest BCUT2D eigenvalue weighted by molar-refractivity contribution is 6.20. The summed E-state index contributed by atoms with van der Waals surface area (Å²) in [6.07, 6.45) is -0.398. The van der Waals surface area contributed by atoms with Gasteiger partial charge in [0.05, 0.1) is 6.54 Å². The first-order valence-electron chi connectivity index (χ1n) is 17.6. The predicted octanol–water partition coefficient (Wildman–Crippen LogP) is 12.2. The molecule has 8 aromatic carbocycles. The molecule has 0 bridgehead atoms. The molecule has 1 unspecified atom stereocenters. The van der Waals surface area contributed by atoms with Gasteiger partial charge in [-0.3, -0.25) is 9.98 Å². The first kappa shape index (κ1) is 31.2. The third-order valence-electron chi connectivity index (χ3n) is 9.83. The maximum absolute atomic E-state index is 6.86. The van der Waals surface area contributed by atoms with E-state index >= 15 is 0 Å². The second-order valence-corrected chi connectivity index (χ2v) is 13.1. The van der Waals surface area contributed by atoms with Crippen LogP contribution in [0, 0.1) is 0 Å². The maximum atomic E-state index is 6.86. The zero-order valence-electron chi connectivity index (χ0n) is 28.5. The molecule has 248 valence electrons. The van der Waals surface area contributed by atoms with Crippen molar-refractivity contribution in [3.8, 4) is 22.3 Å². The highest BCUT2D eigenvalue weighted by atomic mass is 16.3. The minimum absolute atomic E-state index is 0.398. The summed E-state index contributed by atoms with van der Waals surface area (Å²) in [7, 11) is 0. The number of nitrogens with zero attached hydrogens (tertiary/aromatic N) is 2. The van der Waals surface area contributed by atoms with Crippen LogP contribution in [-0.2, 0) is 6.54 Å². The summed E-state index contributed by atoms with van der Waals surface area (Å²) < 4.78 is 6.86. The fraction of sp³-hybridized carbons (Fsp3) is 0.0417. The van der Waals surface area contributed by atoms with E-state index in [4.69, 9.17) is 9.41 Å². The number of hydrogen-bond acceptors (Lipinski definition) is 3. The summed E-state index contributed by atoms with van der Waals surface area (Å²) in [4.78, 5) is 9.72. The molecule has 1 atom stereocenters. The molecule has 0 aliphatic carbocycles. The summed E-state index contributed by atoms with van der Waals surface area (Å²) in [5, 5.41) is 10.5. The maximum Gasteiger partial charge on any atom is 0.145 e. The molecule has 0 aliphatic rings. The van der Waals surface area contributed by atoms with Gasteiger partial charge in [-0.2, -0.15) is 0 Å². The van der Waals surface area contributed by atoms with E-state index in [9.17, 15) is 0 Å². The van der Waals surface area contributed by atoms with E-state index < -0.39 is 6.17 Å². The second-order valence-electron chi connectivity index (χ2n) is 13.1. The topological polar surface area (TPSA) is 49.9 Å². The van der Waals surface area contributed by atoms with E-state index in [2.05, 4.69) is 144 Å². The number of amidine groups is 1. The molecular formula is C48H35N3O. The van der Waals surface area contributed by atoms with Gasteiger partial charge in [-0.05, 0) is 86.4 Å². The highest BCUT2D eigenvalue weighted by Crippen LogP contribution is 2.42. The number of furan rings is 1. The van der Waals surface area contributed by atoms with Crippen molar-refractivity contribution in [2.45, 2.75) is 12.7 Å². The molecule has 1 N–H and O–H groups in total. The molecule has 0 aliphatic heterocycles. The van der Waals surface area contributed by atoms with Crippen LogP contribution >= 0.6 is 0 Å². The lowest BCUT2D eigenvalue weighted by Crippen LogP contribution is -2.28. The Labute approximate surface area is 302 Å². The van der Waals surface area contributed by atoms with Gasteiger partial charge in [-0.15, -0.1) is 0 Å². The fourth-order valence-corrected chi connectivity index (χ4v) is 7.19. The molecule has 0 saturated heterocycles. The lowest BCUT2D eigenvalue weighted by molar-refractivity contribution is 0.669. The minimum atomic E-state index is -0.398. The Morgan fingerprint density at radius 1 is 0.577 bits per heavy atom. The highest BCUT2D eigenvalue weighted by Gasteiger charge is 2.21. The molecule has 0 spiro atoms. The summed E-state index contributed by atoms with van der Waals surface area (Å²) >= 11 is 0. The second kappa shape index (κ2) is 13.5. The number of aliphatic imine (C=N–C) groups is 2. The lowest BCUT2D eigenvalue weighted by atomic mass is 9.93. The van der Waals surface area contributed by atoms with Gasteiger partial charge in [0.25, 0.3) is 0 Å². The van der Waals surface area contributed by atoms with Crippen LogP contribution in [0.2, 0.25) is 0 Å². The van der Waals surface area contributed by atoms with Crippen molar-refractivity contribution in [3.05, 3.63) is 193 Å². The monoisotopic (exact) mass is 669 g/mol. The van der Waals surface area contributed by atoms with Crippen molar-refractivity contribution < 1.29 is 4.42 Å². The summed E-state index contributed by atoms with van der Waals surface area (Å²) in [6.45, 7) is 4.45. The molecule has 0 radical (unpaired) electrons. The van der Waals surface area contributed by atoms with E-state index in [1.807, 2.05) is 48.5 Å². The summed E-state index contributed by atoms with van der Waals surface area (Å²) in [5.74, 6) is 0.724. The van der Waals surface area contributed by atoms with Gasteiger partial charge in [0.1, 0.15) is 23.2 Å². The fourth-order valence-electron chi connectivity index (χ4n) is 7.19. The van der Waals surface area contributed by atoms with Gasteiger partial charge >= 0.3 is 0 Å². The molecule has 52 heavy (non-hydrogen) atoms. The number of fused-ring (bicyclic) bond motifs is 5. The summed E-state index contributed by atoms with van der Waals surface area (Å²) in [6, 6.07) is 61.6. The number of hydrogen-bond donors (Lipinski definition) is 1. The smallest absolute Gasteiger partial charge is 0.145 e. The Kier molecular flexibility index (Phi) is 8.11. The van der Waals surface area contributed by atoms with Gasteiger partial charge in [-0.1, -0.05) is 146 Å². The SMILES string of the molecule is C=NC(NC(=NCc1ccccc1)c1cccc2oc3c(-c4ccc5ccccc5c4)cc(-c4ccc5ccccc5c4)cc3c12)c1ccccc1. The van der Waals surface area contributed by atoms with Gasteiger partial charge in [-0.25, -0.2) is 0 Å². The Bertz CT molecular complexity index is 2760. The van der Waals surface area contributed by atoms with Crippen molar-refractivity contribution >= 4 is 56.0 Å². The summed E-state index contributed by atoms with van der Waals surface area (Å²) in [5.41, 5.74) is 9.10. The Morgan fingerprint density at radius 2 is 1.21 bits per heavy atom. The van der Waals surface area contributed by atoms with Gasteiger partial charge in [0.2, 0.25) is 0 Å². The molecule has 4 nitrogen and oxygen atoms in total. The number of benzene rings is 8. The molecule has 1 heterocycles. The normalized spacial score (nSPS) is 12.4. The Balaban J connectivity index is 1.29. The van der Waals surface area contributed by atoms with Crippen molar-refractivity contribution in [2.75, 3.05) is 0 Å². The Morgan fingerprint density at radius 3 is 1.92 bits per heavy atom. The van der Waals surface area contributed by atoms with Crippen molar-refractivity contribution in [1.29, 1.82) is 0 Å². The third-order valence-corrected chi connectivity index (χ3v) is 9.83. The first-order chi connectivity index (χ1) is 25.7. The van der Waals surface area contributed by atoms with Crippen LogP contribution in [0.3, 0.4) is 0 Å². The third kappa shape index (κ3) is 5.91. The number of nitrogens with one attached hydrogen (secondary N) is 1.